The number of phosphoric ester groups is 1. The molecule has 2 unspecified atom stereocenters. The van der Waals surface area contributed by atoms with Gasteiger partial charge >= 0.3 is 13.8 Å². The Morgan fingerprint density at radius 2 is 1.26 bits per heavy atom. The van der Waals surface area contributed by atoms with Crippen LogP contribution in [0.3, 0.4) is 0 Å². The normalized spacial score (nSPS) is 14.1. The molecule has 35 heavy (non-hydrogen) atoms. The fourth-order valence-corrected chi connectivity index (χ4v) is 4.50. The van der Waals surface area contributed by atoms with E-state index in [1.807, 2.05) is 6.92 Å². The highest BCUT2D eigenvalue weighted by Gasteiger charge is 2.25. The maximum Gasteiger partial charge on any atom is 0.472 e. The Bertz CT molecular complexity index is 522. The standard InChI is InChI=1S/C26H54NO7P/c1-3-5-6-7-8-9-10-11-12-13-14-15-16-17-18-21-31-23-25(34-26(28)19-4-2)24-33-35(29,30)32-22-20-27/h25H,3-24,27H2,1-2H3,(H,29,30). The van der Waals surface area contributed by atoms with Crippen molar-refractivity contribution in [2.45, 2.75) is 129 Å². The smallest absolute Gasteiger partial charge is 0.457 e. The minimum absolute atomic E-state index is 0.0935. The molecule has 0 rings (SSSR count). The van der Waals surface area contributed by atoms with Gasteiger partial charge in [-0.3, -0.25) is 13.8 Å². The molecule has 8 nitrogen and oxygen atoms in total. The molecule has 0 spiro atoms. The summed E-state index contributed by atoms with van der Waals surface area (Å²) in [7, 11) is -4.23. The van der Waals surface area contributed by atoms with Crippen molar-refractivity contribution in [3.63, 3.8) is 0 Å². The topological polar surface area (TPSA) is 117 Å². The maximum atomic E-state index is 11.8. The van der Waals surface area contributed by atoms with E-state index in [4.69, 9.17) is 24.3 Å². The molecule has 0 aliphatic heterocycles. The fraction of sp³-hybridized carbons (Fsp3) is 0.962. The molecule has 0 bridgehead atoms. The summed E-state index contributed by atoms with van der Waals surface area (Å²) >= 11 is 0. The van der Waals surface area contributed by atoms with Crippen LogP contribution in [0.1, 0.15) is 123 Å². The minimum Gasteiger partial charge on any atom is -0.457 e. The quantitative estimate of drug-likeness (QED) is 0.0695. The Labute approximate surface area is 214 Å². The number of ether oxygens (including phenoxy) is 2. The summed E-state index contributed by atoms with van der Waals surface area (Å²) in [4.78, 5) is 21.4. The van der Waals surface area contributed by atoms with Crippen LogP contribution in [0.4, 0.5) is 0 Å². The van der Waals surface area contributed by atoms with Gasteiger partial charge in [-0.2, -0.15) is 0 Å². The fourth-order valence-electron chi connectivity index (χ4n) is 3.74. The molecule has 0 heterocycles. The van der Waals surface area contributed by atoms with E-state index in [2.05, 4.69) is 6.92 Å². The number of hydrogen-bond donors (Lipinski definition) is 2. The predicted octanol–water partition coefficient (Wildman–Crippen LogP) is 6.68. The van der Waals surface area contributed by atoms with Gasteiger partial charge in [-0.25, -0.2) is 4.57 Å². The summed E-state index contributed by atoms with van der Waals surface area (Å²) < 4.78 is 32.4. The number of rotatable bonds is 27. The third kappa shape index (κ3) is 25.0. The first kappa shape index (κ1) is 34.5. The summed E-state index contributed by atoms with van der Waals surface area (Å²) in [6.07, 6.45) is 19.8. The number of phosphoric acid groups is 1. The molecule has 210 valence electrons. The van der Waals surface area contributed by atoms with Gasteiger partial charge in [0.15, 0.2) is 0 Å². The lowest BCUT2D eigenvalue weighted by molar-refractivity contribution is -0.154. The Balaban J connectivity index is 3.77. The van der Waals surface area contributed by atoms with Gasteiger partial charge in [0.2, 0.25) is 0 Å². The first-order chi connectivity index (χ1) is 16.9. The van der Waals surface area contributed by atoms with Crippen molar-refractivity contribution in [2.24, 2.45) is 5.73 Å². The summed E-state index contributed by atoms with van der Waals surface area (Å²) in [5.41, 5.74) is 5.27. The zero-order valence-electron chi connectivity index (χ0n) is 22.6. The van der Waals surface area contributed by atoms with E-state index in [1.54, 1.807) is 0 Å². The van der Waals surface area contributed by atoms with Crippen LogP contribution in [-0.2, 0) is 27.9 Å². The second kappa shape index (κ2) is 25.2. The minimum atomic E-state index is -4.23. The van der Waals surface area contributed by atoms with E-state index in [-0.39, 0.29) is 38.8 Å². The number of esters is 1. The molecular formula is C26H54NO7P. The molecule has 0 aromatic heterocycles. The monoisotopic (exact) mass is 523 g/mol. The maximum absolute atomic E-state index is 11.8. The van der Waals surface area contributed by atoms with E-state index < -0.39 is 13.9 Å². The van der Waals surface area contributed by atoms with Crippen molar-refractivity contribution in [1.82, 2.24) is 0 Å². The molecule has 9 heteroatoms. The first-order valence-electron chi connectivity index (χ1n) is 14.0. The van der Waals surface area contributed by atoms with Gasteiger partial charge in [0.25, 0.3) is 0 Å². The lowest BCUT2D eigenvalue weighted by Gasteiger charge is -2.19. The predicted molar refractivity (Wildman–Crippen MR) is 141 cm³/mol. The van der Waals surface area contributed by atoms with Crippen LogP contribution < -0.4 is 5.73 Å². The van der Waals surface area contributed by atoms with Gasteiger partial charge in [-0.15, -0.1) is 0 Å². The second-order valence-electron chi connectivity index (χ2n) is 9.27. The van der Waals surface area contributed by atoms with Crippen molar-refractivity contribution in [1.29, 1.82) is 0 Å². The highest BCUT2D eigenvalue weighted by Crippen LogP contribution is 2.43. The van der Waals surface area contributed by atoms with Crippen LogP contribution in [0.15, 0.2) is 0 Å². The summed E-state index contributed by atoms with van der Waals surface area (Å²) in [6, 6.07) is 0. The molecule has 0 radical (unpaired) electrons. The summed E-state index contributed by atoms with van der Waals surface area (Å²) in [5.74, 6) is -0.382. The molecule has 0 amide bonds. The van der Waals surface area contributed by atoms with Gasteiger partial charge < -0.3 is 20.1 Å². The molecule has 3 N–H and O–H groups in total. The Kier molecular flexibility index (Phi) is 24.8. The zero-order chi connectivity index (χ0) is 26.0. The van der Waals surface area contributed by atoms with Crippen molar-refractivity contribution >= 4 is 13.8 Å². The van der Waals surface area contributed by atoms with Gasteiger partial charge in [0.1, 0.15) is 6.10 Å². The van der Waals surface area contributed by atoms with Crippen LogP contribution in [0.25, 0.3) is 0 Å². The van der Waals surface area contributed by atoms with Gasteiger partial charge in [0.05, 0.1) is 19.8 Å². The summed E-state index contributed by atoms with van der Waals surface area (Å²) in [6.45, 7) is 4.55. The van der Waals surface area contributed by atoms with Crippen molar-refractivity contribution in [3.05, 3.63) is 0 Å². The van der Waals surface area contributed by atoms with Crippen LogP contribution >= 0.6 is 7.82 Å². The highest BCUT2D eigenvalue weighted by atomic mass is 31.2. The number of carbonyl (C=O) groups excluding carboxylic acids is 1. The van der Waals surface area contributed by atoms with E-state index in [0.717, 1.165) is 12.8 Å². The molecule has 0 aliphatic rings. The number of unbranched alkanes of at least 4 members (excludes halogenated alkanes) is 14. The molecule has 0 aromatic carbocycles. The van der Waals surface area contributed by atoms with Gasteiger partial charge in [-0.05, 0) is 12.8 Å². The van der Waals surface area contributed by atoms with E-state index in [1.165, 1.54) is 83.5 Å². The molecule has 0 saturated heterocycles. The van der Waals surface area contributed by atoms with Crippen LogP contribution in [-0.4, -0.2) is 49.9 Å². The van der Waals surface area contributed by atoms with Crippen molar-refractivity contribution < 1.29 is 32.8 Å². The largest absolute Gasteiger partial charge is 0.472 e. The molecular weight excluding hydrogens is 469 g/mol. The molecule has 0 aliphatic carbocycles. The number of hydrogen-bond acceptors (Lipinski definition) is 7. The Morgan fingerprint density at radius 1 is 0.743 bits per heavy atom. The molecule has 2 atom stereocenters. The van der Waals surface area contributed by atoms with Crippen molar-refractivity contribution in [2.75, 3.05) is 33.0 Å². The number of nitrogens with two attached hydrogens (primary N) is 1. The lowest BCUT2D eigenvalue weighted by Crippen LogP contribution is -2.28. The molecule has 0 aromatic rings. The first-order valence-corrected chi connectivity index (χ1v) is 15.5. The van der Waals surface area contributed by atoms with Crippen LogP contribution in [0.2, 0.25) is 0 Å². The number of carbonyl (C=O) groups is 1. The van der Waals surface area contributed by atoms with Gasteiger partial charge in [0, 0.05) is 19.6 Å². The third-order valence-corrected chi connectivity index (χ3v) is 6.73. The SMILES string of the molecule is CCCCCCCCCCCCCCCCCOCC(COP(=O)(O)OCCN)OC(=O)CCC. The highest BCUT2D eigenvalue weighted by molar-refractivity contribution is 7.47. The second-order valence-corrected chi connectivity index (χ2v) is 10.7. The lowest BCUT2D eigenvalue weighted by atomic mass is 10.0. The Morgan fingerprint density at radius 3 is 1.74 bits per heavy atom. The van der Waals surface area contributed by atoms with Crippen molar-refractivity contribution in [3.8, 4) is 0 Å². The Hall–Kier alpha value is -0.500. The summed E-state index contributed by atoms with van der Waals surface area (Å²) in [5, 5.41) is 0. The zero-order valence-corrected chi connectivity index (χ0v) is 23.4. The molecule has 0 fully saturated rings. The average Bonchev–Trinajstić information content (AvgIpc) is 2.83. The average molecular weight is 524 g/mol. The third-order valence-electron chi connectivity index (χ3n) is 5.74. The van der Waals surface area contributed by atoms with E-state index in [9.17, 15) is 14.3 Å². The van der Waals surface area contributed by atoms with E-state index >= 15 is 0 Å². The molecule has 0 saturated carbocycles. The van der Waals surface area contributed by atoms with Crippen LogP contribution in [0.5, 0.6) is 0 Å². The van der Waals surface area contributed by atoms with E-state index in [0.29, 0.717) is 13.0 Å². The van der Waals surface area contributed by atoms with Crippen LogP contribution in [0, 0.1) is 0 Å². The van der Waals surface area contributed by atoms with Gasteiger partial charge in [-0.1, -0.05) is 104 Å².